The number of fused-ring (bicyclic) bond motifs is 1. The summed E-state index contributed by atoms with van der Waals surface area (Å²) in [5.41, 5.74) is 1.35. The number of carbonyl (C=O) groups is 3. The molecule has 2 heterocycles. The van der Waals surface area contributed by atoms with Crippen LogP contribution in [0.5, 0.6) is 11.5 Å². The summed E-state index contributed by atoms with van der Waals surface area (Å²) in [4.78, 5) is 52.4. The third-order valence-electron chi connectivity index (χ3n) is 6.85. The Morgan fingerprint density at radius 1 is 0.973 bits per heavy atom. The molecule has 0 bridgehead atoms. The van der Waals surface area contributed by atoms with Crippen molar-refractivity contribution in [1.29, 1.82) is 0 Å². The van der Waals surface area contributed by atoms with Crippen LogP contribution in [0.2, 0.25) is 0 Å². The van der Waals surface area contributed by atoms with Gasteiger partial charge in [-0.3, -0.25) is 19.0 Å². The average molecular weight is 510 g/mol. The van der Waals surface area contributed by atoms with Crippen molar-refractivity contribution in [3.63, 3.8) is 0 Å². The molecule has 0 aliphatic carbocycles. The Morgan fingerprint density at radius 3 is 2.24 bits per heavy atom. The number of esters is 1. The summed E-state index contributed by atoms with van der Waals surface area (Å²) in [5, 5.41) is 0. The van der Waals surface area contributed by atoms with Crippen molar-refractivity contribution in [2.45, 2.75) is 51.8 Å². The number of amides is 1. The van der Waals surface area contributed by atoms with Crippen molar-refractivity contribution in [2.75, 3.05) is 20.8 Å². The lowest BCUT2D eigenvalue weighted by molar-refractivity contribution is -0.155. The fourth-order valence-electron chi connectivity index (χ4n) is 5.13. The van der Waals surface area contributed by atoms with Gasteiger partial charge in [-0.2, -0.15) is 0 Å². The van der Waals surface area contributed by atoms with Gasteiger partial charge in [0, 0.05) is 32.9 Å². The predicted octanol–water partition coefficient (Wildman–Crippen LogP) is 3.34. The van der Waals surface area contributed by atoms with Gasteiger partial charge < -0.3 is 19.1 Å². The fourth-order valence-corrected chi connectivity index (χ4v) is 5.13. The minimum absolute atomic E-state index is 0.0783. The fraction of sp³-hybridized carbons (Fsp3) is 0.407. The number of imidazole rings is 1. The van der Waals surface area contributed by atoms with Crippen LogP contribution in [0.15, 0.2) is 47.3 Å². The number of methoxy groups -OCH3 is 2. The summed E-state index contributed by atoms with van der Waals surface area (Å²) in [6.07, 6.45) is -0.157. The van der Waals surface area contributed by atoms with Crippen molar-refractivity contribution in [3.8, 4) is 11.5 Å². The Kier molecular flexibility index (Phi) is 7.37. The molecule has 0 spiro atoms. The normalized spacial score (nSPS) is 17.4. The summed E-state index contributed by atoms with van der Waals surface area (Å²) in [5.74, 6) is -0.00913. The van der Waals surface area contributed by atoms with E-state index in [9.17, 15) is 19.2 Å². The van der Waals surface area contributed by atoms with Gasteiger partial charge >= 0.3 is 11.7 Å². The van der Waals surface area contributed by atoms with Crippen LogP contribution in [0.1, 0.15) is 56.1 Å². The van der Waals surface area contributed by atoms with Gasteiger partial charge in [0.25, 0.3) is 0 Å². The van der Waals surface area contributed by atoms with E-state index in [2.05, 4.69) is 0 Å². The van der Waals surface area contributed by atoms with Crippen LogP contribution in [0.3, 0.4) is 0 Å². The molecule has 4 rings (SSSR count). The highest BCUT2D eigenvalue weighted by atomic mass is 16.5. The third kappa shape index (κ3) is 4.83. The van der Waals surface area contributed by atoms with Gasteiger partial charge in [-0.25, -0.2) is 9.36 Å². The molecule has 3 aromatic rings. The van der Waals surface area contributed by atoms with Gasteiger partial charge in [-0.15, -0.1) is 0 Å². The monoisotopic (exact) mass is 509 g/mol. The van der Waals surface area contributed by atoms with E-state index < -0.39 is 29.8 Å². The maximum Gasteiger partial charge on any atom is 0.336 e. The molecule has 0 unspecified atom stereocenters. The summed E-state index contributed by atoms with van der Waals surface area (Å²) >= 11 is 0. The zero-order chi connectivity index (χ0) is 26.9. The zero-order valence-corrected chi connectivity index (χ0v) is 21.6. The molecule has 1 saturated heterocycles. The van der Waals surface area contributed by atoms with Crippen molar-refractivity contribution in [3.05, 3.63) is 58.5 Å². The van der Waals surface area contributed by atoms with Crippen LogP contribution in [0, 0.1) is 0 Å². The van der Waals surface area contributed by atoms with E-state index in [0.717, 1.165) is 4.57 Å². The van der Waals surface area contributed by atoms with Crippen molar-refractivity contribution < 1.29 is 28.6 Å². The summed E-state index contributed by atoms with van der Waals surface area (Å²) in [6, 6.07) is 11.4. The first kappa shape index (κ1) is 26.0. The van der Waals surface area contributed by atoms with Gasteiger partial charge in [0.05, 0.1) is 31.3 Å². The topological polar surface area (TPSA) is 109 Å². The van der Waals surface area contributed by atoms with Gasteiger partial charge in [0.2, 0.25) is 11.8 Å². The lowest BCUT2D eigenvalue weighted by Crippen LogP contribution is -2.48. The summed E-state index contributed by atoms with van der Waals surface area (Å²) in [7, 11) is 3.05. The number of likely N-dealkylation sites (tertiary alicyclic amines) is 1. The summed E-state index contributed by atoms with van der Waals surface area (Å²) < 4.78 is 19.1. The van der Waals surface area contributed by atoms with Crippen LogP contribution in [0.25, 0.3) is 11.0 Å². The number of carbonyl (C=O) groups excluding carboxylic acids is 3. The molecule has 0 saturated carbocycles. The molecule has 1 aliphatic heterocycles. The van der Waals surface area contributed by atoms with Gasteiger partial charge in [0.15, 0.2) is 11.5 Å². The third-order valence-corrected chi connectivity index (χ3v) is 6.85. The van der Waals surface area contributed by atoms with Gasteiger partial charge in [0.1, 0.15) is 6.10 Å². The van der Waals surface area contributed by atoms with Gasteiger partial charge in [-0.05, 0) is 43.2 Å². The maximum atomic E-state index is 13.4. The highest BCUT2D eigenvalue weighted by molar-refractivity contribution is 5.89. The van der Waals surface area contributed by atoms with Crippen LogP contribution in [0.4, 0.5) is 0 Å². The standard InChI is InChI=1S/C27H31N3O7/c1-16(26(37-18(3)32)19-10-11-23(35-4)24(14-19)36-5)28-13-12-20(15-25(28)33)30-22-9-7-6-8-21(22)29(17(2)31)27(30)34/h6-11,14,16,20,26H,12-13,15H2,1-5H3/t16-,20-,26+/m1/s1. The van der Waals surface area contributed by atoms with E-state index in [4.69, 9.17) is 14.2 Å². The number of hydrogen-bond donors (Lipinski definition) is 0. The first-order valence-electron chi connectivity index (χ1n) is 12.1. The molecule has 1 amide bonds. The molecule has 196 valence electrons. The molecule has 2 aromatic carbocycles. The maximum absolute atomic E-state index is 13.4. The minimum atomic E-state index is -0.736. The molecule has 37 heavy (non-hydrogen) atoms. The number of hydrogen-bond acceptors (Lipinski definition) is 7. The number of piperidine rings is 1. The first-order valence-corrected chi connectivity index (χ1v) is 12.1. The number of rotatable bonds is 7. The van der Waals surface area contributed by atoms with Crippen LogP contribution in [-0.2, 0) is 14.3 Å². The molecular formula is C27H31N3O7. The van der Waals surface area contributed by atoms with Crippen molar-refractivity contribution in [2.24, 2.45) is 0 Å². The van der Waals surface area contributed by atoms with Gasteiger partial charge in [-0.1, -0.05) is 18.2 Å². The van der Waals surface area contributed by atoms with E-state index >= 15 is 0 Å². The number of ether oxygens (including phenoxy) is 3. The predicted molar refractivity (Wildman–Crippen MR) is 136 cm³/mol. The second kappa shape index (κ2) is 10.5. The molecule has 0 radical (unpaired) electrons. The molecule has 10 nitrogen and oxygen atoms in total. The van der Waals surface area contributed by atoms with Crippen LogP contribution < -0.4 is 15.2 Å². The van der Waals surface area contributed by atoms with Crippen LogP contribution in [-0.4, -0.2) is 58.6 Å². The molecule has 1 aliphatic rings. The number of nitrogens with zero attached hydrogens (tertiary/aromatic N) is 3. The molecule has 10 heteroatoms. The van der Waals surface area contributed by atoms with Crippen LogP contribution >= 0.6 is 0 Å². The second-order valence-electron chi connectivity index (χ2n) is 9.11. The highest BCUT2D eigenvalue weighted by Crippen LogP contribution is 2.36. The van der Waals surface area contributed by atoms with E-state index in [-0.39, 0.29) is 18.2 Å². The molecule has 3 atom stereocenters. The van der Waals surface area contributed by atoms with Crippen molar-refractivity contribution >= 4 is 28.8 Å². The Hall–Kier alpha value is -4.08. The Labute approximate surface area is 214 Å². The quantitative estimate of drug-likeness (QED) is 0.450. The lowest BCUT2D eigenvalue weighted by Gasteiger charge is -2.39. The van der Waals surface area contributed by atoms with E-state index in [0.29, 0.717) is 41.1 Å². The second-order valence-corrected chi connectivity index (χ2v) is 9.11. The number of aromatic nitrogens is 2. The molecule has 1 fully saturated rings. The van der Waals surface area contributed by atoms with E-state index in [1.54, 1.807) is 51.9 Å². The molecular weight excluding hydrogens is 478 g/mol. The Balaban J connectivity index is 1.62. The average Bonchev–Trinajstić information content (AvgIpc) is 3.18. The Morgan fingerprint density at radius 2 is 1.65 bits per heavy atom. The van der Waals surface area contributed by atoms with E-state index in [1.165, 1.54) is 28.1 Å². The first-order chi connectivity index (χ1) is 17.7. The van der Waals surface area contributed by atoms with Crippen molar-refractivity contribution in [1.82, 2.24) is 14.0 Å². The minimum Gasteiger partial charge on any atom is -0.493 e. The molecule has 0 N–H and O–H groups in total. The SMILES string of the molecule is COc1ccc([C@@H](OC(C)=O)[C@@H](C)N2CC[C@@H](n3c(=O)n(C(C)=O)c4ccccc43)CC2=O)cc1OC. The highest BCUT2D eigenvalue weighted by Gasteiger charge is 2.37. The summed E-state index contributed by atoms with van der Waals surface area (Å²) in [6.45, 7) is 4.85. The number of para-hydroxylation sites is 2. The smallest absolute Gasteiger partial charge is 0.336 e. The molecule has 1 aromatic heterocycles. The zero-order valence-electron chi connectivity index (χ0n) is 21.6. The largest absolute Gasteiger partial charge is 0.493 e. The Bertz CT molecular complexity index is 1410. The number of benzene rings is 2. The van der Waals surface area contributed by atoms with E-state index in [1.807, 2.05) is 6.92 Å². The lowest BCUT2D eigenvalue weighted by atomic mass is 9.96.